The molecule has 1 aliphatic heterocycles. The van der Waals surface area contributed by atoms with Gasteiger partial charge in [-0.15, -0.1) is 0 Å². The van der Waals surface area contributed by atoms with Gasteiger partial charge in [0.15, 0.2) is 0 Å². The van der Waals surface area contributed by atoms with Crippen LogP contribution in [0, 0.1) is 13.8 Å². The van der Waals surface area contributed by atoms with Gasteiger partial charge in [0.1, 0.15) is 0 Å². The monoisotopic (exact) mass is 241 g/mol. The van der Waals surface area contributed by atoms with Gasteiger partial charge in [0, 0.05) is 17.9 Å². The summed E-state index contributed by atoms with van der Waals surface area (Å²) in [4.78, 5) is 14.4. The maximum absolute atomic E-state index is 12.6. The summed E-state index contributed by atoms with van der Waals surface area (Å²) in [7, 11) is 0. The van der Waals surface area contributed by atoms with Crippen LogP contribution in [0.4, 0.5) is 5.69 Å². The highest BCUT2D eigenvalue weighted by atomic mass is 16.2. The van der Waals surface area contributed by atoms with Crippen LogP contribution < -0.4 is 4.90 Å². The Morgan fingerprint density at radius 3 is 2.83 bits per heavy atom. The number of amides is 1. The van der Waals surface area contributed by atoms with Crippen LogP contribution in [0.15, 0.2) is 24.3 Å². The van der Waals surface area contributed by atoms with E-state index in [4.69, 9.17) is 0 Å². The second-order valence-corrected chi connectivity index (χ2v) is 4.64. The molecule has 2 heterocycles. The SMILES string of the molecule is Cc1n[nH]c(C)c1C(=O)N1CCc2ccccc21. The summed E-state index contributed by atoms with van der Waals surface area (Å²) < 4.78 is 0. The lowest BCUT2D eigenvalue weighted by molar-refractivity contribution is 0.0988. The molecule has 0 spiro atoms. The fourth-order valence-corrected chi connectivity index (χ4v) is 2.55. The Balaban J connectivity index is 2.01. The standard InChI is InChI=1S/C14H15N3O/c1-9-13(10(2)16-15-9)14(18)17-8-7-11-5-3-4-6-12(11)17/h3-6H,7-8H2,1-2H3,(H,15,16). The van der Waals surface area contributed by atoms with E-state index >= 15 is 0 Å². The molecule has 0 fully saturated rings. The van der Waals surface area contributed by atoms with Gasteiger partial charge in [0.25, 0.3) is 5.91 Å². The van der Waals surface area contributed by atoms with Crippen molar-refractivity contribution in [2.75, 3.05) is 11.4 Å². The zero-order chi connectivity index (χ0) is 12.7. The summed E-state index contributed by atoms with van der Waals surface area (Å²) >= 11 is 0. The van der Waals surface area contributed by atoms with Crippen molar-refractivity contribution in [1.29, 1.82) is 0 Å². The first-order chi connectivity index (χ1) is 8.68. The molecule has 0 unspecified atom stereocenters. The number of carbonyl (C=O) groups excluding carboxylic acids is 1. The third-order valence-electron chi connectivity index (χ3n) is 3.47. The van der Waals surface area contributed by atoms with E-state index < -0.39 is 0 Å². The number of hydrogen-bond donors (Lipinski definition) is 1. The van der Waals surface area contributed by atoms with E-state index in [1.54, 1.807) is 0 Å². The number of fused-ring (bicyclic) bond motifs is 1. The third-order valence-corrected chi connectivity index (χ3v) is 3.47. The Bertz CT molecular complexity index is 596. The second-order valence-electron chi connectivity index (χ2n) is 4.64. The van der Waals surface area contributed by atoms with Crippen molar-refractivity contribution in [2.24, 2.45) is 0 Å². The highest BCUT2D eigenvalue weighted by Crippen LogP contribution is 2.29. The van der Waals surface area contributed by atoms with E-state index in [0.29, 0.717) is 5.56 Å². The van der Waals surface area contributed by atoms with Gasteiger partial charge in [-0.2, -0.15) is 5.10 Å². The minimum atomic E-state index is 0.0451. The minimum absolute atomic E-state index is 0.0451. The number of nitrogens with one attached hydrogen (secondary N) is 1. The van der Waals surface area contributed by atoms with Gasteiger partial charge in [-0.25, -0.2) is 0 Å². The second kappa shape index (κ2) is 3.98. The number of hydrogen-bond acceptors (Lipinski definition) is 2. The summed E-state index contributed by atoms with van der Waals surface area (Å²) in [5.74, 6) is 0.0451. The van der Waals surface area contributed by atoms with Crippen molar-refractivity contribution in [3.63, 3.8) is 0 Å². The van der Waals surface area contributed by atoms with Gasteiger partial charge < -0.3 is 4.90 Å². The van der Waals surface area contributed by atoms with Crippen LogP contribution in [-0.2, 0) is 6.42 Å². The number of aromatic nitrogens is 2. The van der Waals surface area contributed by atoms with Crippen LogP contribution in [-0.4, -0.2) is 22.6 Å². The van der Waals surface area contributed by atoms with Crippen LogP contribution in [0.3, 0.4) is 0 Å². The molecule has 1 aromatic heterocycles. The van der Waals surface area contributed by atoms with Crippen LogP contribution in [0.1, 0.15) is 27.3 Å². The molecule has 1 aromatic carbocycles. The average Bonchev–Trinajstić information content (AvgIpc) is 2.93. The van der Waals surface area contributed by atoms with Gasteiger partial charge in [-0.1, -0.05) is 18.2 Å². The summed E-state index contributed by atoms with van der Waals surface area (Å²) in [6, 6.07) is 8.07. The molecule has 4 nitrogen and oxygen atoms in total. The summed E-state index contributed by atoms with van der Waals surface area (Å²) in [5, 5.41) is 6.96. The molecule has 0 radical (unpaired) electrons. The Hall–Kier alpha value is -2.10. The van der Waals surface area contributed by atoms with Gasteiger partial charge in [-0.3, -0.25) is 9.89 Å². The molecular weight excluding hydrogens is 226 g/mol. The molecule has 1 N–H and O–H groups in total. The quantitative estimate of drug-likeness (QED) is 0.832. The van der Waals surface area contributed by atoms with E-state index in [0.717, 1.165) is 30.0 Å². The Morgan fingerprint density at radius 2 is 2.11 bits per heavy atom. The number of benzene rings is 1. The van der Waals surface area contributed by atoms with Gasteiger partial charge in [0.05, 0.1) is 11.3 Å². The molecule has 0 aliphatic carbocycles. The molecule has 4 heteroatoms. The molecule has 0 bridgehead atoms. The van der Waals surface area contributed by atoms with Crippen LogP contribution in [0.2, 0.25) is 0 Å². The first kappa shape index (κ1) is 11.0. The Labute approximate surface area is 106 Å². The third kappa shape index (κ3) is 1.53. The first-order valence-corrected chi connectivity index (χ1v) is 6.10. The topological polar surface area (TPSA) is 49.0 Å². The predicted molar refractivity (Wildman–Crippen MR) is 69.9 cm³/mol. The zero-order valence-electron chi connectivity index (χ0n) is 10.5. The molecule has 0 saturated heterocycles. The maximum Gasteiger partial charge on any atom is 0.262 e. The fraction of sp³-hybridized carbons (Fsp3) is 0.286. The zero-order valence-corrected chi connectivity index (χ0v) is 10.5. The molecular formula is C14H15N3O. The highest BCUT2D eigenvalue weighted by molar-refractivity contribution is 6.08. The summed E-state index contributed by atoms with van der Waals surface area (Å²) in [6.45, 7) is 4.50. The molecule has 1 amide bonds. The molecule has 1 aliphatic rings. The summed E-state index contributed by atoms with van der Waals surface area (Å²) in [5.41, 5.74) is 4.57. The highest BCUT2D eigenvalue weighted by Gasteiger charge is 2.28. The minimum Gasteiger partial charge on any atom is -0.308 e. The van der Waals surface area contributed by atoms with Gasteiger partial charge >= 0.3 is 0 Å². The molecule has 3 rings (SSSR count). The number of aryl methyl sites for hydroxylation is 2. The van der Waals surface area contributed by atoms with E-state index in [2.05, 4.69) is 16.3 Å². The lowest BCUT2D eigenvalue weighted by atomic mass is 10.1. The lowest BCUT2D eigenvalue weighted by Gasteiger charge is -2.17. The van der Waals surface area contributed by atoms with Crippen molar-refractivity contribution in [2.45, 2.75) is 20.3 Å². The van der Waals surface area contributed by atoms with Gasteiger partial charge in [-0.05, 0) is 31.9 Å². The van der Waals surface area contributed by atoms with E-state index in [-0.39, 0.29) is 5.91 Å². The number of rotatable bonds is 1. The van der Waals surface area contributed by atoms with Gasteiger partial charge in [0.2, 0.25) is 0 Å². The number of para-hydroxylation sites is 1. The van der Waals surface area contributed by atoms with Crippen LogP contribution in [0.25, 0.3) is 0 Å². The number of anilines is 1. The molecule has 2 aromatic rings. The number of carbonyl (C=O) groups is 1. The Kier molecular flexibility index (Phi) is 2.44. The van der Waals surface area contributed by atoms with E-state index in [9.17, 15) is 4.79 Å². The molecule has 0 saturated carbocycles. The van der Waals surface area contributed by atoms with Crippen LogP contribution >= 0.6 is 0 Å². The lowest BCUT2D eigenvalue weighted by Crippen LogP contribution is -2.29. The number of aromatic amines is 1. The van der Waals surface area contributed by atoms with Crippen molar-refractivity contribution in [1.82, 2.24) is 10.2 Å². The maximum atomic E-state index is 12.6. The van der Waals surface area contributed by atoms with Crippen molar-refractivity contribution >= 4 is 11.6 Å². The fourth-order valence-electron chi connectivity index (χ4n) is 2.55. The predicted octanol–water partition coefficient (Wildman–Crippen LogP) is 2.23. The van der Waals surface area contributed by atoms with E-state index in [1.165, 1.54) is 5.56 Å². The smallest absolute Gasteiger partial charge is 0.262 e. The molecule has 18 heavy (non-hydrogen) atoms. The Morgan fingerprint density at radius 1 is 1.33 bits per heavy atom. The summed E-state index contributed by atoms with van der Waals surface area (Å²) in [6.07, 6.45) is 0.928. The number of nitrogens with zero attached hydrogens (tertiary/aromatic N) is 2. The molecule has 0 atom stereocenters. The molecule has 92 valence electrons. The number of H-pyrrole nitrogens is 1. The normalized spacial score (nSPS) is 13.8. The van der Waals surface area contributed by atoms with Crippen molar-refractivity contribution in [3.05, 3.63) is 46.8 Å². The van der Waals surface area contributed by atoms with E-state index in [1.807, 2.05) is 36.9 Å². The van der Waals surface area contributed by atoms with Crippen molar-refractivity contribution in [3.8, 4) is 0 Å². The largest absolute Gasteiger partial charge is 0.308 e. The van der Waals surface area contributed by atoms with Crippen LogP contribution in [0.5, 0.6) is 0 Å². The van der Waals surface area contributed by atoms with Crippen molar-refractivity contribution < 1.29 is 4.79 Å². The average molecular weight is 241 g/mol. The first-order valence-electron chi connectivity index (χ1n) is 6.10.